The summed E-state index contributed by atoms with van der Waals surface area (Å²) in [4.78, 5) is 12.7. The summed E-state index contributed by atoms with van der Waals surface area (Å²) in [5, 5.41) is 3.25. The van der Waals surface area contributed by atoms with Gasteiger partial charge in [-0.2, -0.15) is 0 Å². The quantitative estimate of drug-likeness (QED) is 0.853. The lowest BCUT2D eigenvalue weighted by Crippen LogP contribution is -2.59. The lowest BCUT2D eigenvalue weighted by atomic mass is 10.2. The van der Waals surface area contributed by atoms with Crippen LogP contribution in [0.25, 0.3) is 0 Å². The second-order valence-electron chi connectivity index (χ2n) is 5.01. The Hall–Kier alpha value is -0.610. The summed E-state index contributed by atoms with van der Waals surface area (Å²) in [7, 11) is 0. The molecule has 0 saturated carbocycles. The Labute approximate surface area is 111 Å². The molecule has 17 heavy (non-hydrogen) atoms. The number of hydrogen-bond donors (Lipinski definition) is 1. The predicted octanol–water partition coefficient (Wildman–Crippen LogP) is 3.13. The third-order valence-electron chi connectivity index (χ3n) is 2.30. The average molecular weight is 267 g/mol. The summed E-state index contributed by atoms with van der Waals surface area (Å²) in [5.41, 5.74) is 0. The molecule has 1 saturated heterocycles. The summed E-state index contributed by atoms with van der Waals surface area (Å²) in [6, 6.07) is 10.1. The van der Waals surface area contributed by atoms with Crippen LogP contribution in [0, 0.1) is 0 Å². The van der Waals surface area contributed by atoms with Crippen LogP contribution in [0.15, 0.2) is 35.2 Å². The van der Waals surface area contributed by atoms with E-state index in [4.69, 9.17) is 0 Å². The minimum atomic E-state index is 0.0432. The van der Waals surface area contributed by atoms with E-state index in [1.54, 1.807) is 11.8 Å². The molecule has 0 aromatic heterocycles. The fourth-order valence-electron chi connectivity index (χ4n) is 1.57. The van der Waals surface area contributed by atoms with Crippen molar-refractivity contribution in [1.82, 2.24) is 5.32 Å². The van der Waals surface area contributed by atoms with Crippen LogP contribution in [-0.4, -0.2) is 21.3 Å². The fraction of sp³-hybridized carbons (Fsp3) is 0.462. The first-order valence-electron chi connectivity index (χ1n) is 5.66. The molecule has 0 unspecified atom stereocenters. The standard InChI is InChI=1S/C13H17NOS2/c1-13(2,3)17-12-10(11(15)14-12)16-9-7-5-4-6-8-9/h4-8,10,12H,1-3H3,(H,14,15)/t10-,12+/m0/s1. The number of amides is 1. The van der Waals surface area contributed by atoms with Gasteiger partial charge >= 0.3 is 0 Å². The Morgan fingerprint density at radius 3 is 2.35 bits per heavy atom. The number of benzene rings is 1. The van der Waals surface area contributed by atoms with Crippen molar-refractivity contribution >= 4 is 29.4 Å². The predicted molar refractivity (Wildman–Crippen MR) is 75.4 cm³/mol. The van der Waals surface area contributed by atoms with Gasteiger partial charge in [0.25, 0.3) is 0 Å². The monoisotopic (exact) mass is 267 g/mol. The van der Waals surface area contributed by atoms with E-state index in [9.17, 15) is 4.79 Å². The molecule has 1 N–H and O–H groups in total. The van der Waals surface area contributed by atoms with Crippen molar-refractivity contribution in [2.75, 3.05) is 0 Å². The van der Waals surface area contributed by atoms with E-state index >= 15 is 0 Å². The van der Waals surface area contributed by atoms with Crippen LogP contribution in [0.5, 0.6) is 0 Å². The molecule has 0 aliphatic carbocycles. The fourth-order valence-corrected chi connectivity index (χ4v) is 4.06. The lowest BCUT2D eigenvalue weighted by Gasteiger charge is -2.39. The summed E-state index contributed by atoms with van der Waals surface area (Å²) >= 11 is 3.48. The maximum absolute atomic E-state index is 11.6. The van der Waals surface area contributed by atoms with Crippen LogP contribution < -0.4 is 5.32 Å². The van der Waals surface area contributed by atoms with Crippen LogP contribution in [0.1, 0.15) is 20.8 Å². The van der Waals surface area contributed by atoms with Crippen molar-refractivity contribution in [3.63, 3.8) is 0 Å². The lowest BCUT2D eigenvalue weighted by molar-refractivity contribution is -0.125. The zero-order valence-corrected chi connectivity index (χ0v) is 11.9. The molecule has 0 radical (unpaired) electrons. The molecule has 1 aromatic carbocycles. The van der Waals surface area contributed by atoms with Crippen LogP contribution in [0.3, 0.4) is 0 Å². The molecule has 1 aliphatic heterocycles. The van der Waals surface area contributed by atoms with E-state index in [1.807, 2.05) is 30.0 Å². The van der Waals surface area contributed by atoms with E-state index in [2.05, 4.69) is 38.2 Å². The van der Waals surface area contributed by atoms with Crippen molar-refractivity contribution in [2.24, 2.45) is 0 Å². The Bertz CT molecular complexity index is 400. The van der Waals surface area contributed by atoms with E-state index in [0.717, 1.165) is 4.90 Å². The van der Waals surface area contributed by atoms with Crippen molar-refractivity contribution in [1.29, 1.82) is 0 Å². The highest BCUT2D eigenvalue weighted by Gasteiger charge is 2.42. The summed E-state index contributed by atoms with van der Waals surface area (Å²) in [6.07, 6.45) is 0. The minimum absolute atomic E-state index is 0.0432. The van der Waals surface area contributed by atoms with Crippen LogP contribution in [0.2, 0.25) is 0 Å². The third-order valence-corrected chi connectivity index (χ3v) is 5.11. The van der Waals surface area contributed by atoms with E-state index in [-0.39, 0.29) is 21.3 Å². The van der Waals surface area contributed by atoms with Gasteiger partial charge in [-0.25, -0.2) is 0 Å². The van der Waals surface area contributed by atoms with Gasteiger partial charge in [-0.3, -0.25) is 4.79 Å². The molecule has 0 spiro atoms. The van der Waals surface area contributed by atoms with Crippen molar-refractivity contribution < 1.29 is 4.79 Å². The molecule has 1 heterocycles. The van der Waals surface area contributed by atoms with Gasteiger partial charge < -0.3 is 5.32 Å². The molecule has 1 fully saturated rings. The highest BCUT2D eigenvalue weighted by atomic mass is 32.2. The van der Waals surface area contributed by atoms with E-state index in [0.29, 0.717) is 0 Å². The SMILES string of the molecule is CC(C)(C)S[C@H]1NC(=O)[C@@H]1Sc1ccccc1. The number of thioether (sulfide) groups is 2. The van der Waals surface area contributed by atoms with E-state index in [1.165, 1.54) is 0 Å². The molecule has 0 bridgehead atoms. The van der Waals surface area contributed by atoms with Gasteiger partial charge in [0.15, 0.2) is 0 Å². The smallest absolute Gasteiger partial charge is 0.237 e. The van der Waals surface area contributed by atoms with Crippen LogP contribution in [0.4, 0.5) is 0 Å². The maximum Gasteiger partial charge on any atom is 0.237 e. The van der Waals surface area contributed by atoms with Crippen LogP contribution in [-0.2, 0) is 4.79 Å². The number of rotatable bonds is 3. The maximum atomic E-state index is 11.6. The number of β-lactam (4-membered cyclic amide) rings is 1. The zero-order valence-electron chi connectivity index (χ0n) is 10.3. The minimum Gasteiger partial charge on any atom is -0.342 e. The van der Waals surface area contributed by atoms with Crippen LogP contribution >= 0.6 is 23.5 Å². The molecular weight excluding hydrogens is 250 g/mol. The van der Waals surface area contributed by atoms with Gasteiger partial charge in [-0.15, -0.1) is 23.5 Å². The second kappa shape index (κ2) is 4.94. The number of hydrogen-bond acceptors (Lipinski definition) is 3. The normalized spacial score (nSPS) is 24.1. The molecule has 1 aliphatic rings. The first kappa shape index (κ1) is 12.8. The molecule has 4 heteroatoms. The van der Waals surface area contributed by atoms with Crippen molar-refractivity contribution in [3.8, 4) is 0 Å². The van der Waals surface area contributed by atoms with Gasteiger partial charge in [0.2, 0.25) is 5.91 Å². The molecule has 2 atom stereocenters. The molecule has 2 rings (SSSR count). The zero-order chi connectivity index (χ0) is 12.5. The first-order valence-corrected chi connectivity index (χ1v) is 7.41. The molecule has 1 aromatic rings. The number of carbonyl (C=O) groups excluding carboxylic acids is 1. The van der Waals surface area contributed by atoms with Gasteiger partial charge in [0.05, 0.1) is 5.37 Å². The molecule has 92 valence electrons. The summed E-state index contributed by atoms with van der Waals surface area (Å²) in [6.45, 7) is 6.52. The first-order chi connectivity index (χ1) is 7.96. The van der Waals surface area contributed by atoms with E-state index < -0.39 is 0 Å². The molecule has 1 amide bonds. The molecular formula is C13H17NOS2. The van der Waals surface area contributed by atoms with Gasteiger partial charge in [0, 0.05) is 9.64 Å². The summed E-state index contributed by atoms with van der Waals surface area (Å²) < 4.78 is 0.174. The second-order valence-corrected chi connectivity index (χ2v) is 8.19. The Kier molecular flexibility index (Phi) is 3.73. The summed E-state index contributed by atoms with van der Waals surface area (Å²) in [5.74, 6) is 0.153. The van der Waals surface area contributed by atoms with Crippen molar-refractivity contribution in [2.45, 2.75) is 41.0 Å². The van der Waals surface area contributed by atoms with Gasteiger partial charge in [-0.05, 0) is 12.1 Å². The topological polar surface area (TPSA) is 29.1 Å². The Balaban J connectivity index is 1.98. The van der Waals surface area contributed by atoms with Gasteiger partial charge in [0.1, 0.15) is 5.25 Å². The van der Waals surface area contributed by atoms with Crippen molar-refractivity contribution in [3.05, 3.63) is 30.3 Å². The largest absolute Gasteiger partial charge is 0.342 e. The number of carbonyl (C=O) groups is 1. The average Bonchev–Trinajstić information content (AvgIpc) is 2.25. The molecule has 2 nitrogen and oxygen atoms in total. The third kappa shape index (κ3) is 3.42. The van der Waals surface area contributed by atoms with Gasteiger partial charge in [-0.1, -0.05) is 39.0 Å². The Morgan fingerprint density at radius 2 is 1.82 bits per heavy atom. The Morgan fingerprint density at radius 1 is 1.18 bits per heavy atom. The highest BCUT2D eigenvalue weighted by molar-refractivity contribution is 8.05. The highest BCUT2D eigenvalue weighted by Crippen LogP contribution is 2.39. The number of nitrogens with one attached hydrogen (secondary N) is 1.